The van der Waals surface area contributed by atoms with Crippen molar-refractivity contribution >= 4 is 23.5 Å². The van der Waals surface area contributed by atoms with Crippen LogP contribution in [-0.2, 0) is 10.2 Å². The summed E-state index contributed by atoms with van der Waals surface area (Å²) in [4.78, 5) is 22.5. The number of halogens is 1. The fourth-order valence-corrected chi connectivity index (χ4v) is 4.24. The highest BCUT2D eigenvalue weighted by atomic mass is 32.1. The molecule has 7 heteroatoms. The van der Waals surface area contributed by atoms with Crippen molar-refractivity contribution in [2.24, 2.45) is 5.73 Å². The van der Waals surface area contributed by atoms with E-state index in [-0.39, 0.29) is 5.57 Å². The molecule has 140 valence electrons. The predicted octanol–water partition coefficient (Wildman–Crippen LogP) is 3.77. The van der Waals surface area contributed by atoms with E-state index in [1.54, 1.807) is 36.4 Å². The van der Waals surface area contributed by atoms with Crippen molar-refractivity contribution in [3.05, 3.63) is 58.6 Å². The van der Waals surface area contributed by atoms with Crippen molar-refractivity contribution in [3.63, 3.8) is 0 Å². The third kappa shape index (κ3) is 3.60. The zero-order chi connectivity index (χ0) is 19.4. The molecule has 0 bridgehead atoms. The zero-order valence-corrected chi connectivity index (χ0v) is 15.7. The van der Waals surface area contributed by atoms with Gasteiger partial charge in [0.1, 0.15) is 22.5 Å². The molecule has 0 radical (unpaired) electrons. The number of hydrogen-bond donors (Lipinski definition) is 1. The van der Waals surface area contributed by atoms with Crippen LogP contribution in [0.5, 0.6) is 0 Å². The SMILES string of the molecule is CCCCC1(c2nnc(-c3ccc(C=O)cc3)s2)C=CC=C(C(N)=O)C1F. The van der Waals surface area contributed by atoms with E-state index in [0.717, 1.165) is 24.7 Å². The number of carbonyl (C=O) groups excluding carboxylic acids is 2. The van der Waals surface area contributed by atoms with E-state index in [1.165, 1.54) is 17.4 Å². The highest BCUT2D eigenvalue weighted by Gasteiger charge is 2.46. The van der Waals surface area contributed by atoms with Gasteiger partial charge in [-0.1, -0.05) is 73.6 Å². The minimum atomic E-state index is -1.57. The molecular weight excluding hydrogens is 365 g/mol. The molecule has 1 aromatic carbocycles. The second-order valence-corrected chi connectivity index (χ2v) is 7.48. The fraction of sp³-hybridized carbons (Fsp3) is 0.300. The first-order chi connectivity index (χ1) is 13.0. The Morgan fingerprint density at radius 3 is 2.70 bits per heavy atom. The summed E-state index contributed by atoms with van der Waals surface area (Å²) in [5, 5.41) is 9.62. The molecule has 0 spiro atoms. The average Bonchev–Trinajstić information content (AvgIpc) is 3.18. The van der Waals surface area contributed by atoms with E-state index in [2.05, 4.69) is 10.2 Å². The molecule has 2 atom stereocenters. The Morgan fingerprint density at radius 1 is 1.33 bits per heavy atom. The number of benzene rings is 1. The van der Waals surface area contributed by atoms with Crippen LogP contribution in [0.1, 0.15) is 41.6 Å². The Hall–Kier alpha value is -2.67. The van der Waals surface area contributed by atoms with Crippen molar-refractivity contribution in [1.82, 2.24) is 10.2 Å². The Balaban J connectivity index is 2.00. The quantitative estimate of drug-likeness (QED) is 0.735. The standard InChI is InChI=1S/C20H20FN3O2S/c1-2-3-10-20(11-4-5-15(16(20)21)17(22)26)19-24-23-18(27-19)14-8-6-13(12-25)7-9-14/h4-9,11-12,16H,2-3,10H2,1H3,(H2,22,26). The summed E-state index contributed by atoms with van der Waals surface area (Å²) in [6, 6.07) is 6.96. The number of aldehydes is 1. The smallest absolute Gasteiger partial charge is 0.247 e. The zero-order valence-electron chi connectivity index (χ0n) is 14.9. The molecule has 1 aliphatic rings. The number of primary amides is 1. The first-order valence-electron chi connectivity index (χ1n) is 8.74. The van der Waals surface area contributed by atoms with E-state index in [4.69, 9.17) is 5.73 Å². The van der Waals surface area contributed by atoms with Gasteiger partial charge in [-0.15, -0.1) is 10.2 Å². The Morgan fingerprint density at radius 2 is 2.07 bits per heavy atom. The maximum Gasteiger partial charge on any atom is 0.247 e. The number of amides is 1. The number of rotatable bonds is 7. The van der Waals surface area contributed by atoms with E-state index in [0.29, 0.717) is 22.0 Å². The van der Waals surface area contributed by atoms with Gasteiger partial charge in [0.15, 0.2) is 0 Å². The first-order valence-corrected chi connectivity index (χ1v) is 9.56. The van der Waals surface area contributed by atoms with E-state index < -0.39 is 17.5 Å². The van der Waals surface area contributed by atoms with Crippen molar-refractivity contribution in [2.75, 3.05) is 0 Å². The molecule has 0 fully saturated rings. The molecule has 2 N–H and O–H groups in total. The maximum absolute atomic E-state index is 15.4. The Bertz CT molecular complexity index is 904. The van der Waals surface area contributed by atoms with Gasteiger partial charge < -0.3 is 5.73 Å². The predicted molar refractivity (Wildman–Crippen MR) is 103 cm³/mol. The van der Waals surface area contributed by atoms with E-state index >= 15 is 4.39 Å². The molecule has 0 saturated heterocycles. The van der Waals surface area contributed by atoms with Gasteiger partial charge >= 0.3 is 0 Å². The number of carbonyl (C=O) groups is 2. The second kappa shape index (κ2) is 7.92. The van der Waals surface area contributed by atoms with E-state index in [1.807, 2.05) is 6.92 Å². The van der Waals surface area contributed by atoms with Crippen LogP contribution in [0.15, 0.2) is 48.1 Å². The molecule has 1 aromatic heterocycles. The minimum Gasteiger partial charge on any atom is -0.366 e. The van der Waals surface area contributed by atoms with Gasteiger partial charge in [-0.25, -0.2) is 4.39 Å². The summed E-state index contributed by atoms with van der Waals surface area (Å²) in [7, 11) is 0. The molecule has 2 unspecified atom stereocenters. The molecule has 1 aliphatic carbocycles. The number of aromatic nitrogens is 2. The summed E-state index contributed by atoms with van der Waals surface area (Å²) in [6.07, 6.45) is 6.24. The van der Waals surface area contributed by atoms with Crippen LogP contribution in [0.2, 0.25) is 0 Å². The Kier molecular flexibility index (Phi) is 5.60. The maximum atomic E-state index is 15.4. The number of alkyl halides is 1. The first kappa shape index (κ1) is 19.1. The normalized spacial score (nSPS) is 21.7. The second-order valence-electron chi connectivity index (χ2n) is 6.50. The lowest BCUT2D eigenvalue weighted by Crippen LogP contribution is -2.41. The van der Waals surface area contributed by atoms with Crippen LogP contribution < -0.4 is 5.73 Å². The Labute approximate surface area is 160 Å². The van der Waals surface area contributed by atoms with Crippen molar-refractivity contribution in [1.29, 1.82) is 0 Å². The molecule has 0 saturated carbocycles. The largest absolute Gasteiger partial charge is 0.366 e. The van der Waals surface area contributed by atoms with Gasteiger partial charge in [0.25, 0.3) is 0 Å². The average molecular weight is 385 g/mol. The van der Waals surface area contributed by atoms with Crippen LogP contribution in [0.3, 0.4) is 0 Å². The number of allylic oxidation sites excluding steroid dienone is 3. The summed E-state index contributed by atoms with van der Waals surface area (Å²) < 4.78 is 15.4. The van der Waals surface area contributed by atoms with Gasteiger partial charge in [0.2, 0.25) is 5.91 Å². The summed E-state index contributed by atoms with van der Waals surface area (Å²) in [6.45, 7) is 2.03. The number of nitrogens with two attached hydrogens (primary N) is 1. The molecular formula is C20H20FN3O2S. The van der Waals surface area contributed by atoms with Crippen LogP contribution in [0.25, 0.3) is 10.6 Å². The molecule has 2 aromatic rings. The highest BCUT2D eigenvalue weighted by molar-refractivity contribution is 7.14. The number of unbranched alkanes of at least 4 members (excludes halogenated alkanes) is 1. The lowest BCUT2D eigenvalue weighted by molar-refractivity contribution is -0.115. The minimum absolute atomic E-state index is 0.0410. The van der Waals surface area contributed by atoms with E-state index in [9.17, 15) is 9.59 Å². The summed E-state index contributed by atoms with van der Waals surface area (Å²) in [5.41, 5.74) is 5.65. The summed E-state index contributed by atoms with van der Waals surface area (Å²) >= 11 is 1.29. The molecule has 5 nitrogen and oxygen atoms in total. The molecule has 0 aliphatic heterocycles. The topological polar surface area (TPSA) is 85.9 Å². The van der Waals surface area contributed by atoms with Gasteiger partial charge in [0, 0.05) is 11.1 Å². The third-order valence-electron chi connectivity index (χ3n) is 4.74. The van der Waals surface area contributed by atoms with Gasteiger partial charge in [-0.3, -0.25) is 9.59 Å². The lowest BCUT2D eigenvalue weighted by atomic mass is 9.73. The van der Waals surface area contributed by atoms with Crippen LogP contribution >= 0.6 is 11.3 Å². The summed E-state index contributed by atoms with van der Waals surface area (Å²) in [5.74, 6) is -0.762. The molecule has 1 amide bonds. The van der Waals surface area contributed by atoms with Gasteiger partial charge in [-0.2, -0.15) is 0 Å². The van der Waals surface area contributed by atoms with Gasteiger partial charge in [-0.05, 0) is 6.42 Å². The molecule has 3 rings (SSSR count). The van der Waals surface area contributed by atoms with Crippen LogP contribution in [-0.4, -0.2) is 28.6 Å². The highest BCUT2D eigenvalue weighted by Crippen LogP contribution is 2.44. The van der Waals surface area contributed by atoms with Crippen LogP contribution in [0.4, 0.5) is 4.39 Å². The van der Waals surface area contributed by atoms with Crippen molar-refractivity contribution in [3.8, 4) is 10.6 Å². The fourth-order valence-electron chi connectivity index (χ4n) is 3.18. The lowest BCUT2D eigenvalue weighted by Gasteiger charge is -2.34. The van der Waals surface area contributed by atoms with Crippen molar-refractivity contribution in [2.45, 2.75) is 37.8 Å². The van der Waals surface area contributed by atoms with Crippen molar-refractivity contribution < 1.29 is 14.0 Å². The number of hydrogen-bond acceptors (Lipinski definition) is 5. The number of nitrogens with zero attached hydrogens (tertiary/aromatic N) is 2. The molecule has 27 heavy (non-hydrogen) atoms. The third-order valence-corrected chi connectivity index (χ3v) is 5.91. The van der Waals surface area contributed by atoms with Crippen LogP contribution in [0, 0.1) is 0 Å². The molecule has 1 heterocycles. The monoisotopic (exact) mass is 385 g/mol. The van der Waals surface area contributed by atoms with Gasteiger partial charge in [0.05, 0.1) is 11.0 Å².